The quantitative estimate of drug-likeness (QED) is 0.871. The summed E-state index contributed by atoms with van der Waals surface area (Å²) < 4.78 is 2.05. The molecule has 3 heteroatoms. The lowest BCUT2D eigenvalue weighted by molar-refractivity contribution is 0.642. The molecule has 3 nitrogen and oxygen atoms in total. The fourth-order valence-electron chi connectivity index (χ4n) is 2.15. The van der Waals surface area contributed by atoms with E-state index >= 15 is 0 Å². The zero-order valence-corrected chi connectivity index (χ0v) is 10.8. The lowest BCUT2D eigenvalue weighted by Crippen LogP contribution is -2.17. The fourth-order valence-corrected chi connectivity index (χ4v) is 2.15. The highest BCUT2D eigenvalue weighted by molar-refractivity contribution is 5.27. The Kier molecular flexibility index (Phi) is 3.15. The van der Waals surface area contributed by atoms with Gasteiger partial charge in [-0.3, -0.25) is 4.68 Å². The number of hydrogen-bond donors (Lipinski definition) is 1. The van der Waals surface area contributed by atoms with E-state index in [0.717, 1.165) is 19.1 Å². The first kappa shape index (κ1) is 11.5. The number of aromatic nitrogens is 2. The highest BCUT2D eigenvalue weighted by atomic mass is 15.3. The monoisotopic (exact) mass is 241 g/mol. The van der Waals surface area contributed by atoms with Crippen LogP contribution < -0.4 is 5.32 Å². The summed E-state index contributed by atoms with van der Waals surface area (Å²) in [5.41, 5.74) is 3.96. The molecule has 0 saturated heterocycles. The van der Waals surface area contributed by atoms with Gasteiger partial charge in [-0.15, -0.1) is 0 Å². The van der Waals surface area contributed by atoms with Crippen LogP contribution in [0.5, 0.6) is 0 Å². The van der Waals surface area contributed by atoms with Gasteiger partial charge in [0.1, 0.15) is 0 Å². The van der Waals surface area contributed by atoms with E-state index in [1.54, 1.807) is 0 Å². The number of rotatable bonds is 5. The van der Waals surface area contributed by atoms with Crippen LogP contribution in [0.4, 0.5) is 0 Å². The Morgan fingerprint density at radius 2 is 2.00 bits per heavy atom. The predicted molar refractivity (Wildman–Crippen MR) is 72.4 cm³/mol. The van der Waals surface area contributed by atoms with Gasteiger partial charge in [0, 0.05) is 24.5 Å². The van der Waals surface area contributed by atoms with Crippen LogP contribution in [-0.4, -0.2) is 15.8 Å². The predicted octanol–water partition coefficient (Wildman–Crippen LogP) is 2.49. The van der Waals surface area contributed by atoms with E-state index in [2.05, 4.69) is 46.3 Å². The van der Waals surface area contributed by atoms with Gasteiger partial charge in [0.15, 0.2) is 0 Å². The summed E-state index contributed by atoms with van der Waals surface area (Å²) in [5.74, 6) is 0. The van der Waals surface area contributed by atoms with Gasteiger partial charge in [-0.25, -0.2) is 0 Å². The Hall–Kier alpha value is -1.61. The van der Waals surface area contributed by atoms with Crippen molar-refractivity contribution in [1.82, 2.24) is 15.1 Å². The third-order valence-corrected chi connectivity index (χ3v) is 3.53. The van der Waals surface area contributed by atoms with Gasteiger partial charge < -0.3 is 5.32 Å². The van der Waals surface area contributed by atoms with Crippen molar-refractivity contribution in [3.8, 4) is 0 Å². The summed E-state index contributed by atoms with van der Waals surface area (Å²) in [6.45, 7) is 3.93. The molecule has 1 aliphatic rings. The van der Waals surface area contributed by atoms with Crippen molar-refractivity contribution in [2.24, 2.45) is 0 Å². The second-order valence-corrected chi connectivity index (χ2v) is 5.05. The molecule has 1 aliphatic carbocycles. The minimum atomic E-state index is 0.754. The Morgan fingerprint density at radius 1 is 1.22 bits per heavy atom. The summed E-state index contributed by atoms with van der Waals surface area (Å²) >= 11 is 0. The Balaban J connectivity index is 1.75. The molecule has 1 N–H and O–H groups in total. The second kappa shape index (κ2) is 4.94. The summed E-state index contributed by atoms with van der Waals surface area (Å²) in [4.78, 5) is 0. The standard InChI is InChI=1S/C15H19N3/c1-12-8-9-17-18(12)11-14-5-3-2-4-13(14)10-16-15-6-7-15/h2-5,8-9,15-16H,6-7,10-11H2,1H3. The van der Waals surface area contributed by atoms with E-state index < -0.39 is 0 Å². The van der Waals surface area contributed by atoms with Crippen molar-refractivity contribution < 1.29 is 0 Å². The summed E-state index contributed by atoms with van der Waals surface area (Å²) in [6.07, 6.45) is 4.53. The van der Waals surface area contributed by atoms with Crippen molar-refractivity contribution in [1.29, 1.82) is 0 Å². The summed E-state index contributed by atoms with van der Waals surface area (Å²) in [5, 5.41) is 7.93. The molecule has 0 unspecified atom stereocenters. The van der Waals surface area contributed by atoms with Gasteiger partial charge >= 0.3 is 0 Å². The minimum absolute atomic E-state index is 0.754. The second-order valence-electron chi connectivity index (χ2n) is 5.05. The van der Waals surface area contributed by atoms with E-state index in [1.165, 1.54) is 29.7 Å². The van der Waals surface area contributed by atoms with Gasteiger partial charge in [0.05, 0.1) is 6.54 Å². The number of nitrogens with zero attached hydrogens (tertiary/aromatic N) is 2. The molecule has 0 spiro atoms. The average Bonchev–Trinajstić information content (AvgIpc) is 3.13. The van der Waals surface area contributed by atoms with E-state index in [1.807, 2.05) is 12.3 Å². The Bertz CT molecular complexity index is 526. The highest BCUT2D eigenvalue weighted by Crippen LogP contribution is 2.20. The van der Waals surface area contributed by atoms with Gasteiger partial charge in [-0.2, -0.15) is 5.10 Å². The van der Waals surface area contributed by atoms with Crippen molar-refractivity contribution in [3.63, 3.8) is 0 Å². The first-order chi connectivity index (χ1) is 8.83. The smallest absolute Gasteiger partial charge is 0.0665 e. The average molecular weight is 241 g/mol. The van der Waals surface area contributed by atoms with Gasteiger partial charge in [0.2, 0.25) is 0 Å². The largest absolute Gasteiger partial charge is 0.310 e. The van der Waals surface area contributed by atoms with Crippen LogP contribution in [0.1, 0.15) is 29.7 Å². The molecule has 3 rings (SSSR count). The van der Waals surface area contributed by atoms with Crippen molar-refractivity contribution in [3.05, 3.63) is 53.3 Å². The van der Waals surface area contributed by atoms with Gasteiger partial charge in [-0.05, 0) is 37.0 Å². The molecule has 1 fully saturated rings. The minimum Gasteiger partial charge on any atom is -0.310 e. The van der Waals surface area contributed by atoms with Crippen LogP contribution in [0.2, 0.25) is 0 Å². The van der Waals surface area contributed by atoms with Crippen LogP contribution in [0.15, 0.2) is 36.5 Å². The molecule has 1 heterocycles. The first-order valence-corrected chi connectivity index (χ1v) is 6.61. The maximum absolute atomic E-state index is 4.36. The molecule has 94 valence electrons. The molecule has 18 heavy (non-hydrogen) atoms. The van der Waals surface area contributed by atoms with E-state index in [0.29, 0.717) is 0 Å². The highest BCUT2D eigenvalue weighted by Gasteiger charge is 2.20. The van der Waals surface area contributed by atoms with Crippen LogP contribution in [0.3, 0.4) is 0 Å². The molecule has 0 radical (unpaired) electrons. The molecule has 0 aliphatic heterocycles. The molecular weight excluding hydrogens is 222 g/mol. The summed E-state index contributed by atoms with van der Waals surface area (Å²) in [7, 11) is 0. The van der Waals surface area contributed by atoms with Crippen LogP contribution in [-0.2, 0) is 13.1 Å². The van der Waals surface area contributed by atoms with Crippen LogP contribution in [0.25, 0.3) is 0 Å². The van der Waals surface area contributed by atoms with E-state index in [4.69, 9.17) is 0 Å². The zero-order valence-electron chi connectivity index (χ0n) is 10.8. The molecule has 0 amide bonds. The van der Waals surface area contributed by atoms with Gasteiger partial charge in [0.25, 0.3) is 0 Å². The topological polar surface area (TPSA) is 29.9 Å². The van der Waals surface area contributed by atoms with Crippen LogP contribution >= 0.6 is 0 Å². The molecular formula is C15H19N3. The Labute approximate surface area is 108 Å². The lowest BCUT2D eigenvalue weighted by atomic mass is 10.1. The lowest BCUT2D eigenvalue weighted by Gasteiger charge is -2.11. The Morgan fingerprint density at radius 3 is 2.67 bits per heavy atom. The molecule has 1 saturated carbocycles. The van der Waals surface area contributed by atoms with E-state index in [-0.39, 0.29) is 0 Å². The maximum atomic E-state index is 4.36. The number of aryl methyl sites for hydroxylation is 1. The molecule has 1 aromatic heterocycles. The SMILES string of the molecule is Cc1ccnn1Cc1ccccc1CNC1CC1. The number of nitrogens with one attached hydrogen (secondary N) is 1. The van der Waals surface area contributed by atoms with Crippen molar-refractivity contribution in [2.45, 2.75) is 38.9 Å². The van der Waals surface area contributed by atoms with Crippen molar-refractivity contribution in [2.75, 3.05) is 0 Å². The van der Waals surface area contributed by atoms with Crippen molar-refractivity contribution >= 4 is 0 Å². The maximum Gasteiger partial charge on any atom is 0.0665 e. The molecule has 1 aromatic carbocycles. The molecule has 2 aromatic rings. The molecule has 0 bridgehead atoms. The zero-order chi connectivity index (χ0) is 12.4. The normalized spacial score (nSPS) is 14.9. The first-order valence-electron chi connectivity index (χ1n) is 6.61. The number of benzene rings is 1. The van der Waals surface area contributed by atoms with Gasteiger partial charge in [-0.1, -0.05) is 24.3 Å². The molecule has 0 atom stereocenters. The third-order valence-electron chi connectivity index (χ3n) is 3.53. The van der Waals surface area contributed by atoms with E-state index in [9.17, 15) is 0 Å². The summed E-state index contributed by atoms with van der Waals surface area (Å²) in [6, 6.07) is 11.4. The van der Waals surface area contributed by atoms with Crippen LogP contribution in [0, 0.1) is 6.92 Å². The number of hydrogen-bond acceptors (Lipinski definition) is 2. The fraction of sp³-hybridized carbons (Fsp3) is 0.400. The third kappa shape index (κ3) is 2.62.